The molecule has 0 amide bonds. The van der Waals surface area contributed by atoms with E-state index >= 15 is 0 Å². The predicted octanol–water partition coefficient (Wildman–Crippen LogP) is 3.49. The quantitative estimate of drug-likeness (QED) is 0.422. The van der Waals surface area contributed by atoms with E-state index in [4.69, 9.17) is 9.47 Å². The highest BCUT2D eigenvalue weighted by atomic mass is 32.2. The molecule has 164 valence electrons. The van der Waals surface area contributed by atoms with E-state index in [0.717, 1.165) is 11.3 Å². The molecule has 8 heteroatoms. The van der Waals surface area contributed by atoms with Crippen LogP contribution in [0.25, 0.3) is 12.2 Å². The van der Waals surface area contributed by atoms with E-state index < -0.39 is 16.0 Å². The topological polar surface area (TPSA) is 85.8 Å². The van der Waals surface area contributed by atoms with E-state index in [0.29, 0.717) is 32.1 Å². The van der Waals surface area contributed by atoms with Gasteiger partial charge in [-0.25, -0.2) is 13.2 Å². The molecular weight excluding hydrogens is 428 g/mol. The Kier molecular flexibility index (Phi) is 6.75. The number of sulfonamides is 1. The monoisotopic (exact) mass is 450 g/mol. The van der Waals surface area contributed by atoms with Gasteiger partial charge in [0.15, 0.2) is 0 Å². The van der Waals surface area contributed by atoms with Gasteiger partial charge in [0.1, 0.15) is 5.75 Å². The van der Waals surface area contributed by atoms with Crippen LogP contribution in [0.3, 0.4) is 0 Å². The molecule has 32 heavy (non-hydrogen) atoms. The van der Waals surface area contributed by atoms with Gasteiger partial charge < -0.3 is 9.47 Å². The SMILES string of the molecule is O=C(Oc1ccc(/C=C/c2ccccn2)cc1)c1ccc(S(=O)(=O)N2CCOCC2)cc1. The summed E-state index contributed by atoms with van der Waals surface area (Å²) in [6.07, 6.45) is 5.54. The first-order chi connectivity index (χ1) is 15.5. The van der Waals surface area contributed by atoms with Crippen molar-refractivity contribution < 1.29 is 22.7 Å². The minimum absolute atomic E-state index is 0.139. The zero-order valence-electron chi connectivity index (χ0n) is 17.3. The number of esters is 1. The van der Waals surface area contributed by atoms with Crippen LogP contribution in [0.5, 0.6) is 5.75 Å². The third-order valence-corrected chi connectivity index (χ3v) is 6.84. The zero-order chi connectivity index (χ0) is 22.4. The van der Waals surface area contributed by atoms with Crippen molar-refractivity contribution in [1.82, 2.24) is 9.29 Å². The molecule has 7 nitrogen and oxygen atoms in total. The molecule has 1 aliphatic heterocycles. The van der Waals surface area contributed by atoms with Crippen molar-refractivity contribution in [2.45, 2.75) is 4.90 Å². The molecule has 4 rings (SSSR count). The molecular formula is C24H22N2O5S. The van der Waals surface area contributed by atoms with Crippen LogP contribution in [-0.4, -0.2) is 50.0 Å². The smallest absolute Gasteiger partial charge is 0.343 e. The third kappa shape index (κ3) is 5.28. The maximum absolute atomic E-state index is 12.7. The molecule has 0 unspecified atom stereocenters. The number of ether oxygens (including phenoxy) is 2. The Balaban J connectivity index is 1.39. The maximum atomic E-state index is 12.7. The molecule has 1 fully saturated rings. The van der Waals surface area contributed by atoms with Gasteiger partial charge >= 0.3 is 5.97 Å². The van der Waals surface area contributed by atoms with Crippen LogP contribution >= 0.6 is 0 Å². The molecule has 0 spiro atoms. The molecule has 1 aromatic heterocycles. The lowest BCUT2D eigenvalue weighted by atomic mass is 10.2. The molecule has 3 aromatic rings. The first kappa shape index (κ1) is 21.9. The summed E-state index contributed by atoms with van der Waals surface area (Å²) in [4.78, 5) is 16.8. The van der Waals surface area contributed by atoms with Crippen molar-refractivity contribution in [2.75, 3.05) is 26.3 Å². The molecule has 1 aliphatic rings. The Morgan fingerprint density at radius 3 is 2.31 bits per heavy atom. The fourth-order valence-electron chi connectivity index (χ4n) is 3.17. The number of pyridine rings is 1. The van der Waals surface area contributed by atoms with E-state index in [1.165, 1.54) is 28.6 Å². The van der Waals surface area contributed by atoms with Gasteiger partial charge in [-0.1, -0.05) is 24.3 Å². The highest BCUT2D eigenvalue weighted by molar-refractivity contribution is 7.89. The molecule has 0 N–H and O–H groups in total. The van der Waals surface area contributed by atoms with Crippen LogP contribution in [0.15, 0.2) is 77.8 Å². The van der Waals surface area contributed by atoms with Crippen molar-refractivity contribution >= 4 is 28.1 Å². The normalized spacial score (nSPS) is 15.0. The standard InChI is InChI=1S/C24H22N2O5S/c27-24(20-7-12-23(13-8-20)32(28,29)26-15-17-30-18-16-26)31-22-10-5-19(6-11-22)4-9-21-3-1-2-14-25-21/h1-14H,15-18H2/b9-4+. The van der Waals surface area contributed by atoms with Crippen LogP contribution in [0, 0.1) is 0 Å². The second-order valence-corrected chi connectivity index (χ2v) is 9.03. The number of benzene rings is 2. The summed E-state index contributed by atoms with van der Waals surface area (Å²) in [5.74, 6) is -0.160. The molecule has 2 aromatic carbocycles. The lowest BCUT2D eigenvalue weighted by molar-refractivity contribution is 0.0730. The first-order valence-electron chi connectivity index (χ1n) is 10.1. The van der Waals surface area contributed by atoms with Gasteiger partial charge in [0.2, 0.25) is 10.0 Å². The highest BCUT2D eigenvalue weighted by Gasteiger charge is 2.26. The number of rotatable bonds is 6. The van der Waals surface area contributed by atoms with Gasteiger partial charge in [-0.3, -0.25) is 4.98 Å². The molecule has 0 atom stereocenters. The molecule has 1 saturated heterocycles. The van der Waals surface area contributed by atoms with Gasteiger partial charge in [-0.2, -0.15) is 4.31 Å². The van der Waals surface area contributed by atoms with Crippen LogP contribution in [0.1, 0.15) is 21.6 Å². The average Bonchev–Trinajstić information content (AvgIpc) is 2.85. The summed E-state index contributed by atoms with van der Waals surface area (Å²) in [5.41, 5.74) is 2.06. The lowest BCUT2D eigenvalue weighted by Gasteiger charge is -2.26. The zero-order valence-corrected chi connectivity index (χ0v) is 18.1. The van der Waals surface area contributed by atoms with Crippen molar-refractivity contribution in [2.24, 2.45) is 0 Å². The van der Waals surface area contributed by atoms with Gasteiger partial charge in [0.25, 0.3) is 0 Å². The van der Waals surface area contributed by atoms with E-state index in [9.17, 15) is 13.2 Å². The van der Waals surface area contributed by atoms with Crippen LogP contribution < -0.4 is 4.74 Å². The number of hydrogen-bond donors (Lipinski definition) is 0. The molecule has 0 saturated carbocycles. The Hall–Kier alpha value is -3.33. The Morgan fingerprint density at radius 2 is 1.66 bits per heavy atom. The summed E-state index contributed by atoms with van der Waals surface area (Å²) in [6, 6.07) is 18.5. The van der Waals surface area contributed by atoms with Gasteiger partial charge in [-0.05, 0) is 60.2 Å². The largest absolute Gasteiger partial charge is 0.423 e. The summed E-state index contributed by atoms with van der Waals surface area (Å²) in [5, 5.41) is 0. The maximum Gasteiger partial charge on any atom is 0.343 e. The van der Waals surface area contributed by atoms with Crippen molar-refractivity contribution in [3.8, 4) is 5.75 Å². The fraction of sp³-hybridized carbons (Fsp3) is 0.167. The number of carbonyl (C=O) groups excluding carboxylic acids is 1. The minimum Gasteiger partial charge on any atom is -0.423 e. The van der Waals surface area contributed by atoms with Gasteiger partial charge in [-0.15, -0.1) is 0 Å². The lowest BCUT2D eigenvalue weighted by Crippen LogP contribution is -2.40. The van der Waals surface area contributed by atoms with Crippen molar-refractivity contribution in [3.63, 3.8) is 0 Å². The summed E-state index contributed by atoms with van der Waals surface area (Å²) in [7, 11) is -3.60. The fourth-order valence-corrected chi connectivity index (χ4v) is 4.58. The molecule has 0 bridgehead atoms. The number of morpholine rings is 1. The van der Waals surface area contributed by atoms with E-state index in [2.05, 4.69) is 4.98 Å². The minimum atomic E-state index is -3.60. The van der Waals surface area contributed by atoms with Crippen molar-refractivity contribution in [1.29, 1.82) is 0 Å². The third-order valence-electron chi connectivity index (χ3n) is 4.92. The number of hydrogen-bond acceptors (Lipinski definition) is 6. The average molecular weight is 451 g/mol. The van der Waals surface area contributed by atoms with E-state index in [1.54, 1.807) is 18.3 Å². The first-order valence-corrected chi connectivity index (χ1v) is 11.6. The molecule has 2 heterocycles. The summed E-state index contributed by atoms with van der Waals surface area (Å²) in [6.45, 7) is 1.39. The summed E-state index contributed by atoms with van der Waals surface area (Å²) >= 11 is 0. The highest BCUT2D eigenvalue weighted by Crippen LogP contribution is 2.20. The molecule has 0 aliphatic carbocycles. The summed E-state index contributed by atoms with van der Waals surface area (Å²) < 4.78 is 37.4. The number of nitrogens with zero attached hydrogens (tertiary/aromatic N) is 2. The second-order valence-electron chi connectivity index (χ2n) is 7.09. The van der Waals surface area contributed by atoms with E-state index in [-0.39, 0.29) is 10.5 Å². The van der Waals surface area contributed by atoms with Gasteiger partial charge in [0, 0.05) is 19.3 Å². The number of carbonyl (C=O) groups is 1. The Bertz CT molecular complexity index is 1190. The van der Waals surface area contributed by atoms with Crippen LogP contribution in [0.4, 0.5) is 0 Å². The number of aromatic nitrogens is 1. The molecule has 0 radical (unpaired) electrons. The second kappa shape index (κ2) is 9.86. The Labute approximate surface area is 187 Å². The predicted molar refractivity (Wildman–Crippen MR) is 121 cm³/mol. The van der Waals surface area contributed by atoms with E-state index in [1.807, 2.05) is 42.5 Å². The Morgan fingerprint density at radius 1 is 0.938 bits per heavy atom. The van der Waals surface area contributed by atoms with Crippen LogP contribution in [-0.2, 0) is 14.8 Å². The van der Waals surface area contributed by atoms with Crippen LogP contribution in [0.2, 0.25) is 0 Å². The van der Waals surface area contributed by atoms with Crippen molar-refractivity contribution in [3.05, 3.63) is 89.7 Å². The van der Waals surface area contributed by atoms with Gasteiger partial charge in [0.05, 0.1) is 29.4 Å².